The predicted molar refractivity (Wildman–Crippen MR) is 65.0 cm³/mol. The Hall–Kier alpha value is -0.950. The highest BCUT2D eigenvalue weighted by atomic mass is 35.5. The van der Waals surface area contributed by atoms with Gasteiger partial charge in [0.25, 0.3) is 0 Å². The zero-order valence-electron chi connectivity index (χ0n) is 8.84. The van der Waals surface area contributed by atoms with Crippen molar-refractivity contribution < 1.29 is 4.74 Å². The number of hydrogen-bond acceptors (Lipinski definition) is 3. The highest BCUT2D eigenvalue weighted by Crippen LogP contribution is 2.27. The highest BCUT2D eigenvalue weighted by Gasteiger charge is 2.06. The molecule has 1 aromatic rings. The number of nitriles is 1. The Bertz CT molecular complexity index is 390. The molecule has 0 amide bonds. The molecule has 0 spiro atoms. The highest BCUT2D eigenvalue weighted by molar-refractivity contribution is 6.35. The van der Waals surface area contributed by atoms with Crippen molar-refractivity contribution in [1.29, 1.82) is 5.26 Å². The minimum atomic E-state index is -0.203. The van der Waals surface area contributed by atoms with Crippen LogP contribution in [0.3, 0.4) is 0 Å². The van der Waals surface area contributed by atoms with Gasteiger partial charge in [0.05, 0.1) is 23.7 Å². The van der Waals surface area contributed by atoms with Crippen molar-refractivity contribution in [3.8, 4) is 11.8 Å². The van der Waals surface area contributed by atoms with E-state index in [2.05, 4.69) is 11.4 Å². The van der Waals surface area contributed by atoms with Crippen molar-refractivity contribution in [3.63, 3.8) is 0 Å². The van der Waals surface area contributed by atoms with E-state index in [-0.39, 0.29) is 6.04 Å². The van der Waals surface area contributed by atoms with Crippen LogP contribution in [0, 0.1) is 11.3 Å². The monoisotopic (exact) mass is 258 g/mol. The molecule has 0 heterocycles. The Morgan fingerprint density at radius 1 is 1.50 bits per heavy atom. The molecule has 5 heteroatoms. The zero-order chi connectivity index (χ0) is 12.0. The molecular weight excluding hydrogens is 247 g/mol. The first kappa shape index (κ1) is 13.1. The largest absolute Gasteiger partial charge is 0.492 e. The second-order valence-corrected chi connectivity index (χ2v) is 4.03. The van der Waals surface area contributed by atoms with Crippen LogP contribution in [0.2, 0.25) is 10.0 Å². The summed E-state index contributed by atoms with van der Waals surface area (Å²) in [5.41, 5.74) is 0. The fraction of sp³-hybridized carbons (Fsp3) is 0.364. The second kappa shape index (κ2) is 6.59. The maximum absolute atomic E-state index is 8.70. The van der Waals surface area contributed by atoms with Crippen LogP contribution in [-0.4, -0.2) is 19.7 Å². The van der Waals surface area contributed by atoms with Gasteiger partial charge in [0.1, 0.15) is 5.75 Å². The van der Waals surface area contributed by atoms with E-state index in [9.17, 15) is 0 Å². The fourth-order valence-electron chi connectivity index (χ4n) is 1.15. The molecule has 1 atom stereocenters. The van der Waals surface area contributed by atoms with Crippen LogP contribution in [-0.2, 0) is 0 Å². The number of benzene rings is 1. The molecule has 3 nitrogen and oxygen atoms in total. The Morgan fingerprint density at radius 2 is 2.25 bits per heavy atom. The SMILES string of the molecule is CNC(C#N)CCOc1ccc(Cl)cc1Cl. The third-order valence-electron chi connectivity index (χ3n) is 2.06. The van der Waals surface area contributed by atoms with E-state index < -0.39 is 0 Å². The van der Waals surface area contributed by atoms with Gasteiger partial charge >= 0.3 is 0 Å². The molecule has 0 saturated heterocycles. The van der Waals surface area contributed by atoms with Crippen LogP contribution in [0.25, 0.3) is 0 Å². The van der Waals surface area contributed by atoms with Gasteiger partial charge in [-0.1, -0.05) is 23.2 Å². The van der Waals surface area contributed by atoms with Crippen molar-refractivity contribution in [3.05, 3.63) is 28.2 Å². The van der Waals surface area contributed by atoms with Gasteiger partial charge in [0, 0.05) is 11.4 Å². The van der Waals surface area contributed by atoms with E-state index in [0.717, 1.165) is 0 Å². The van der Waals surface area contributed by atoms with E-state index in [1.54, 1.807) is 25.2 Å². The molecule has 0 aliphatic carbocycles. The molecule has 0 aliphatic rings. The van der Waals surface area contributed by atoms with Gasteiger partial charge < -0.3 is 10.1 Å². The number of nitrogens with zero attached hydrogens (tertiary/aromatic N) is 1. The average Bonchev–Trinajstić information content (AvgIpc) is 2.27. The Morgan fingerprint density at radius 3 is 2.81 bits per heavy atom. The van der Waals surface area contributed by atoms with Gasteiger partial charge in [-0.25, -0.2) is 0 Å². The quantitative estimate of drug-likeness (QED) is 0.884. The molecule has 0 aliphatic heterocycles. The normalized spacial score (nSPS) is 11.9. The average molecular weight is 259 g/mol. The lowest BCUT2D eigenvalue weighted by Gasteiger charge is -2.10. The summed E-state index contributed by atoms with van der Waals surface area (Å²) >= 11 is 11.7. The third-order valence-corrected chi connectivity index (χ3v) is 2.59. The lowest BCUT2D eigenvalue weighted by Crippen LogP contribution is -2.25. The van der Waals surface area contributed by atoms with Gasteiger partial charge in [-0.05, 0) is 25.2 Å². The number of hydrogen-bond donors (Lipinski definition) is 1. The maximum Gasteiger partial charge on any atom is 0.137 e. The molecule has 1 rings (SSSR count). The number of nitrogens with one attached hydrogen (secondary N) is 1. The van der Waals surface area contributed by atoms with Crippen LogP contribution < -0.4 is 10.1 Å². The van der Waals surface area contributed by atoms with Crippen LogP contribution in [0.1, 0.15) is 6.42 Å². The van der Waals surface area contributed by atoms with Crippen molar-refractivity contribution in [2.24, 2.45) is 0 Å². The predicted octanol–water partition coefficient (Wildman–Crippen LogP) is 2.87. The smallest absolute Gasteiger partial charge is 0.137 e. The molecule has 1 unspecified atom stereocenters. The standard InChI is InChI=1S/C11H12Cl2N2O/c1-15-9(7-14)4-5-16-11-3-2-8(12)6-10(11)13/h2-3,6,9,15H,4-5H2,1H3. The van der Waals surface area contributed by atoms with E-state index in [1.807, 2.05) is 0 Å². The van der Waals surface area contributed by atoms with Crippen LogP contribution in [0.5, 0.6) is 5.75 Å². The van der Waals surface area contributed by atoms with Gasteiger partial charge in [-0.2, -0.15) is 5.26 Å². The molecule has 16 heavy (non-hydrogen) atoms. The molecule has 0 fully saturated rings. The molecule has 86 valence electrons. The summed E-state index contributed by atoms with van der Waals surface area (Å²) in [5, 5.41) is 12.6. The molecule has 0 radical (unpaired) electrons. The minimum Gasteiger partial charge on any atom is -0.492 e. The summed E-state index contributed by atoms with van der Waals surface area (Å²) in [6, 6.07) is 6.96. The van der Waals surface area contributed by atoms with Gasteiger partial charge in [0.2, 0.25) is 0 Å². The van der Waals surface area contributed by atoms with Gasteiger partial charge in [0.15, 0.2) is 0 Å². The van der Waals surface area contributed by atoms with E-state index in [0.29, 0.717) is 28.8 Å². The molecule has 1 aromatic carbocycles. The lowest BCUT2D eigenvalue weighted by atomic mass is 10.2. The van der Waals surface area contributed by atoms with Crippen molar-refractivity contribution in [2.45, 2.75) is 12.5 Å². The van der Waals surface area contributed by atoms with Gasteiger partial charge in [-0.3, -0.25) is 0 Å². The lowest BCUT2D eigenvalue weighted by molar-refractivity contribution is 0.300. The van der Waals surface area contributed by atoms with E-state index >= 15 is 0 Å². The summed E-state index contributed by atoms with van der Waals surface area (Å²) in [5.74, 6) is 0.582. The summed E-state index contributed by atoms with van der Waals surface area (Å²) < 4.78 is 5.44. The molecule has 0 bridgehead atoms. The zero-order valence-corrected chi connectivity index (χ0v) is 10.3. The maximum atomic E-state index is 8.70. The number of halogens is 2. The van der Waals surface area contributed by atoms with Crippen molar-refractivity contribution >= 4 is 23.2 Å². The molecular formula is C11H12Cl2N2O. The minimum absolute atomic E-state index is 0.203. The van der Waals surface area contributed by atoms with Crippen LogP contribution in [0.4, 0.5) is 0 Å². The first-order chi connectivity index (χ1) is 7.67. The Kier molecular flexibility index (Phi) is 5.41. The third kappa shape index (κ3) is 3.90. The number of ether oxygens (including phenoxy) is 1. The Labute approximate surface area is 105 Å². The number of rotatable bonds is 5. The molecule has 0 saturated carbocycles. The fourth-order valence-corrected chi connectivity index (χ4v) is 1.62. The molecule has 1 N–H and O–H groups in total. The second-order valence-electron chi connectivity index (χ2n) is 3.18. The van der Waals surface area contributed by atoms with Crippen LogP contribution >= 0.6 is 23.2 Å². The van der Waals surface area contributed by atoms with Crippen molar-refractivity contribution in [2.75, 3.05) is 13.7 Å². The summed E-state index contributed by atoms with van der Waals surface area (Å²) in [6.45, 7) is 0.431. The van der Waals surface area contributed by atoms with E-state index in [1.165, 1.54) is 0 Å². The molecule has 0 aromatic heterocycles. The summed E-state index contributed by atoms with van der Waals surface area (Å²) in [7, 11) is 1.74. The first-order valence-corrected chi connectivity index (χ1v) is 5.57. The van der Waals surface area contributed by atoms with Crippen molar-refractivity contribution in [1.82, 2.24) is 5.32 Å². The summed E-state index contributed by atoms with van der Waals surface area (Å²) in [4.78, 5) is 0. The Balaban J connectivity index is 2.46. The summed E-state index contributed by atoms with van der Waals surface area (Å²) in [6.07, 6.45) is 0.603. The topological polar surface area (TPSA) is 45.0 Å². The van der Waals surface area contributed by atoms with E-state index in [4.69, 9.17) is 33.2 Å². The first-order valence-electron chi connectivity index (χ1n) is 4.82. The van der Waals surface area contributed by atoms with Gasteiger partial charge in [-0.15, -0.1) is 0 Å². The van der Waals surface area contributed by atoms with Crippen LogP contribution in [0.15, 0.2) is 18.2 Å².